The van der Waals surface area contributed by atoms with Gasteiger partial charge < -0.3 is 9.30 Å². The lowest BCUT2D eigenvalue weighted by atomic mass is 10.2. The number of ether oxygens (including phenoxy) is 1. The molecule has 1 saturated heterocycles. The first kappa shape index (κ1) is 24.1. The van der Waals surface area contributed by atoms with Crippen molar-refractivity contribution >= 4 is 43.5 Å². The van der Waals surface area contributed by atoms with Crippen LogP contribution in [0.25, 0.3) is 10.2 Å². The Morgan fingerprint density at radius 2 is 1.79 bits per heavy atom. The van der Waals surface area contributed by atoms with Crippen LogP contribution in [-0.4, -0.2) is 48.9 Å². The van der Waals surface area contributed by atoms with Crippen LogP contribution < -0.4 is 4.80 Å². The fourth-order valence-electron chi connectivity index (χ4n) is 3.80. The Bertz CT molecular complexity index is 1410. The lowest BCUT2D eigenvalue weighted by molar-refractivity contribution is 0.0526. The molecule has 34 heavy (non-hydrogen) atoms. The van der Waals surface area contributed by atoms with E-state index in [0.717, 1.165) is 23.1 Å². The quantitative estimate of drug-likeness (QED) is 0.366. The molecule has 1 amide bonds. The van der Waals surface area contributed by atoms with E-state index in [2.05, 4.69) is 11.6 Å². The molecular formula is C24H25N3O5S2. The van der Waals surface area contributed by atoms with Gasteiger partial charge in [0.25, 0.3) is 5.91 Å². The second-order valence-electron chi connectivity index (χ2n) is 7.74. The predicted octanol–water partition coefficient (Wildman–Crippen LogP) is 3.59. The number of amides is 1. The van der Waals surface area contributed by atoms with Crippen LogP contribution in [0.3, 0.4) is 0 Å². The van der Waals surface area contributed by atoms with Crippen LogP contribution >= 0.6 is 11.3 Å². The summed E-state index contributed by atoms with van der Waals surface area (Å²) in [5.41, 5.74) is 1.53. The first-order valence-electron chi connectivity index (χ1n) is 11.0. The van der Waals surface area contributed by atoms with Gasteiger partial charge >= 0.3 is 5.97 Å². The Morgan fingerprint density at radius 1 is 1.12 bits per heavy atom. The Labute approximate surface area is 201 Å². The number of hydrogen-bond donors (Lipinski definition) is 0. The number of aromatic nitrogens is 1. The third-order valence-electron chi connectivity index (χ3n) is 5.51. The van der Waals surface area contributed by atoms with E-state index in [0.29, 0.717) is 30.0 Å². The van der Waals surface area contributed by atoms with Crippen LogP contribution in [0, 0.1) is 0 Å². The summed E-state index contributed by atoms with van der Waals surface area (Å²) in [5, 5.41) is 0. The molecule has 1 fully saturated rings. The van der Waals surface area contributed by atoms with Gasteiger partial charge in [0.05, 0.1) is 27.3 Å². The van der Waals surface area contributed by atoms with Crippen LogP contribution in [0.5, 0.6) is 0 Å². The lowest BCUT2D eigenvalue weighted by Gasteiger charge is -2.15. The summed E-state index contributed by atoms with van der Waals surface area (Å²) in [7, 11) is -3.55. The highest BCUT2D eigenvalue weighted by atomic mass is 32.2. The van der Waals surface area contributed by atoms with Gasteiger partial charge in [-0.15, -0.1) is 6.58 Å². The summed E-state index contributed by atoms with van der Waals surface area (Å²) in [5.74, 6) is -0.897. The van der Waals surface area contributed by atoms with E-state index >= 15 is 0 Å². The van der Waals surface area contributed by atoms with Crippen LogP contribution in [0.1, 0.15) is 40.5 Å². The summed E-state index contributed by atoms with van der Waals surface area (Å²) in [6.45, 7) is 7.27. The van der Waals surface area contributed by atoms with Crippen molar-refractivity contribution in [2.75, 3.05) is 19.7 Å². The molecule has 0 bridgehead atoms. The number of esters is 1. The fourth-order valence-corrected chi connectivity index (χ4v) is 6.40. The molecule has 8 nitrogen and oxygen atoms in total. The van der Waals surface area contributed by atoms with Crippen molar-refractivity contribution in [3.63, 3.8) is 0 Å². The lowest BCUT2D eigenvalue weighted by Crippen LogP contribution is -2.27. The van der Waals surface area contributed by atoms with Gasteiger partial charge in [0.1, 0.15) is 0 Å². The molecule has 0 aliphatic carbocycles. The highest BCUT2D eigenvalue weighted by Crippen LogP contribution is 2.22. The largest absolute Gasteiger partial charge is 0.462 e. The highest BCUT2D eigenvalue weighted by molar-refractivity contribution is 7.89. The number of nitrogens with zero attached hydrogens (tertiary/aromatic N) is 3. The summed E-state index contributed by atoms with van der Waals surface area (Å²) in [4.78, 5) is 29.9. The normalized spacial score (nSPS) is 15.0. The number of carbonyl (C=O) groups is 2. The Morgan fingerprint density at radius 3 is 2.44 bits per heavy atom. The molecule has 0 atom stereocenters. The molecule has 0 radical (unpaired) electrons. The number of allylic oxidation sites excluding steroid dienone is 1. The second-order valence-corrected chi connectivity index (χ2v) is 10.7. The molecule has 2 aromatic carbocycles. The van der Waals surface area contributed by atoms with E-state index in [1.807, 2.05) is 4.57 Å². The third-order valence-corrected chi connectivity index (χ3v) is 8.46. The highest BCUT2D eigenvalue weighted by Gasteiger charge is 2.27. The van der Waals surface area contributed by atoms with E-state index in [1.165, 1.54) is 39.9 Å². The molecule has 0 saturated carbocycles. The first-order chi connectivity index (χ1) is 16.3. The standard InChI is InChI=1S/C24H25N3O5S2/c1-3-13-27-20-12-9-18(23(29)32-4-2)16-21(20)33-24(27)25-22(28)17-7-10-19(11-8-17)34(30,31)26-14-5-6-15-26/h3,7-12,16H,1,4-6,13-15H2,2H3. The van der Waals surface area contributed by atoms with Crippen molar-refractivity contribution in [1.82, 2.24) is 8.87 Å². The number of rotatable bonds is 7. The molecule has 4 rings (SSSR count). The minimum atomic E-state index is -3.55. The van der Waals surface area contributed by atoms with Crippen molar-refractivity contribution in [1.29, 1.82) is 0 Å². The Hall–Kier alpha value is -3.08. The molecular weight excluding hydrogens is 474 g/mol. The second kappa shape index (κ2) is 10.0. The summed E-state index contributed by atoms with van der Waals surface area (Å²) in [6.07, 6.45) is 3.42. The first-order valence-corrected chi connectivity index (χ1v) is 13.2. The topological polar surface area (TPSA) is 98.0 Å². The van der Waals surface area contributed by atoms with E-state index in [1.54, 1.807) is 31.2 Å². The van der Waals surface area contributed by atoms with Gasteiger partial charge in [-0.1, -0.05) is 17.4 Å². The fraction of sp³-hybridized carbons (Fsp3) is 0.292. The average Bonchev–Trinajstić information content (AvgIpc) is 3.49. The Kier molecular flexibility index (Phi) is 7.11. The van der Waals surface area contributed by atoms with E-state index in [9.17, 15) is 18.0 Å². The monoisotopic (exact) mass is 499 g/mol. The molecule has 2 heterocycles. The van der Waals surface area contributed by atoms with Gasteiger partial charge in [-0.3, -0.25) is 4.79 Å². The number of hydrogen-bond acceptors (Lipinski definition) is 6. The number of sulfonamides is 1. The minimum Gasteiger partial charge on any atom is -0.462 e. The van der Waals surface area contributed by atoms with Crippen molar-refractivity contribution in [2.45, 2.75) is 31.2 Å². The molecule has 3 aromatic rings. The zero-order valence-electron chi connectivity index (χ0n) is 18.8. The zero-order valence-corrected chi connectivity index (χ0v) is 20.4. The van der Waals surface area contributed by atoms with Crippen molar-refractivity contribution < 1.29 is 22.7 Å². The number of thiazole rings is 1. The summed E-state index contributed by atoms with van der Waals surface area (Å²) < 4.78 is 34.6. The molecule has 1 aliphatic heterocycles. The molecule has 1 aromatic heterocycles. The van der Waals surface area contributed by atoms with E-state index in [4.69, 9.17) is 4.74 Å². The van der Waals surface area contributed by atoms with Crippen molar-refractivity contribution in [2.24, 2.45) is 4.99 Å². The van der Waals surface area contributed by atoms with Crippen LogP contribution in [0.15, 0.2) is 65.0 Å². The summed E-state index contributed by atoms with van der Waals surface area (Å²) in [6, 6.07) is 11.1. The van der Waals surface area contributed by atoms with Gasteiger partial charge in [0.2, 0.25) is 10.0 Å². The molecule has 178 valence electrons. The molecule has 0 N–H and O–H groups in total. The molecule has 10 heteroatoms. The number of carbonyl (C=O) groups excluding carboxylic acids is 2. The van der Waals surface area contributed by atoms with Gasteiger partial charge in [-0.2, -0.15) is 9.30 Å². The van der Waals surface area contributed by atoms with Crippen molar-refractivity contribution in [3.05, 3.63) is 71.0 Å². The average molecular weight is 500 g/mol. The van der Waals surface area contributed by atoms with Gasteiger partial charge in [0, 0.05) is 25.2 Å². The van der Waals surface area contributed by atoms with E-state index in [-0.39, 0.29) is 17.1 Å². The minimum absolute atomic E-state index is 0.168. The maximum Gasteiger partial charge on any atom is 0.338 e. The van der Waals surface area contributed by atoms with Gasteiger partial charge in [-0.25, -0.2) is 13.2 Å². The van der Waals surface area contributed by atoms with Crippen LogP contribution in [-0.2, 0) is 21.3 Å². The molecule has 1 aliphatic rings. The summed E-state index contributed by atoms with van der Waals surface area (Å²) >= 11 is 1.28. The van der Waals surface area contributed by atoms with Crippen LogP contribution in [0.4, 0.5) is 0 Å². The molecule has 0 unspecified atom stereocenters. The maximum atomic E-state index is 12.9. The number of benzene rings is 2. The SMILES string of the molecule is C=CCn1c(=NC(=O)c2ccc(S(=O)(=O)N3CCCC3)cc2)sc2cc(C(=O)OCC)ccc21. The molecule has 0 spiro atoms. The zero-order chi connectivity index (χ0) is 24.3. The smallest absolute Gasteiger partial charge is 0.338 e. The Balaban J connectivity index is 1.67. The van der Waals surface area contributed by atoms with Gasteiger partial charge in [0.15, 0.2) is 4.80 Å². The maximum absolute atomic E-state index is 12.9. The van der Waals surface area contributed by atoms with Crippen molar-refractivity contribution in [3.8, 4) is 0 Å². The van der Waals surface area contributed by atoms with Crippen LogP contribution in [0.2, 0.25) is 0 Å². The number of fused-ring (bicyclic) bond motifs is 1. The van der Waals surface area contributed by atoms with E-state index < -0.39 is 21.9 Å². The predicted molar refractivity (Wildman–Crippen MR) is 130 cm³/mol. The van der Waals surface area contributed by atoms with Gasteiger partial charge in [-0.05, 0) is 62.2 Å². The third kappa shape index (κ3) is 4.75.